The third kappa shape index (κ3) is 5.07. The maximum absolute atomic E-state index is 10.5. The number of carbonyl (C=O) groups is 1. The van der Waals surface area contributed by atoms with Crippen molar-refractivity contribution in [2.75, 3.05) is 19.5 Å². The normalized spacial score (nSPS) is 9.88. The molecule has 1 aromatic rings. The molecule has 0 heterocycles. The monoisotopic (exact) mass is 240 g/mol. The minimum atomic E-state index is -0.218. The third-order valence-corrected chi connectivity index (χ3v) is 2.95. The van der Waals surface area contributed by atoms with E-state index in [0.717, 1.165) is 17.3 Å². The topological polar surface area (TPSA) is 35.5 Å². The highest BCUT2D eigenvalue weighted by atomic mass is 32.2. The Morgan fingerprint density at radius 1 is 1.31 bits per heavy atom. The lowest BCUT2D eigenvalue weighted by Gasteiger charge is -2.04. The number of hydrogen-bond acceptors (Lipinski definition) is 4. The van der Waals surface area contributed by atoms with E-state index in [1.54, 1.807) is 18.9 Å². The van der Waals surface area contributed by atoms with Gasteiger partial charge in [-0.25, -0.2) is 0 Å². The Balaban J connectivity index is 2.19. The highest BCUT2D eigenvalue weighted by Gasteiger charge is 1.96. The standard InChI is InChI=1S/C12H16O3S/c1-10(13)15-7-8-16-9-11-3-5-12(14-2)6-4-11/h3-6H,7-9H2,1-2H3. The van der Waals surface area contributed by atoms with E-state index in [0.29, 0.717) is 6.61 Å². The SMILES string of the molecule is COc1ccc(CSCCOC(C)=O)cc1. The zero-order valence-electron chi connectivity index (χ0n) is 9.56. The van der Waals surface area contributed by atoms with E-state index < -0.39 is 0 Å². The van der Waals surface area contributed by atoms with Gasteiger partial charge >= 0.3 is 5.97 Å². The summed E-state index contributed by atoms with van der Waals surface area (Å²) in [5, 5.41) is 0. The van der Waals surface area contributed by atoms with E-state index in [1.807, 2.05) is 24.3 Å². The summed E-state index contributed by atoms with van der Waals surface area (Å²) in [5.74, 6) is 2.40. The highest BCUT2D eigenvalue weighted by molar-refractivity contribution is 7.98. The van der Waals surface area contributed by atoms with Gasteiger partial charge in [0.2, 0.25) is 0 Å². The van der Waals surface area contributed by atoms with Crippen molar-refractivity contribution in [1.82, 2.24) is 0 Å². The Morgan fingerprint density at radius 3 is 2.56 bits per heavy atom. The quantitative estimate of drug-likeness (QED) is 0.565. The van der Waals surface area contributed by atoms with Crippen LogP contribution in [-0.4, -0.2) is 25.4 Å². The van der Waals surface area contributed by atoms with Crippen LogP contribution in [0.4, 0.5) is 0 Å². The second kappa shape index (κ2) is 7.17. The fourth-order valence-corrected chi connectivity index (χ4v) is 1.93. The number of carbonyl (C=O) groups excluding carboxylic acids is 1. The number of rotatable bonds is 6. The smallest absolute Gasteiger partial charge is 0.302 e. The number of ether oxygens (including phenoxy) is 2. The van der Waals surface area contributed by atoms with Crippen molar-refractivity contribution in [2.24, 2.45) is 0 Å². The molecule has 0 aliphatic rings. The number of hydrogen-bond donors (Lipinski definition) is 0. The van der Waals surface area contributed by atoms with Crippen molar-refractivity contribution in [2.45, 2.75) is 12.7 Å². The maximum atomic E-state index is 10.5. The second-order valence-electron chi connectivity index (χ2n) is 3.24. The Hall–Kier alpha value is -1.16. The summed E-state index contributed by atoms with van der Waals surface area (Å²) in [4.78, 5) is 10.5. The van der Waals surface area contributed by atoms with Crippen molar-refractivity contribution < 1.29 is 14.3 Å². The molecule has 0 radical (unpaired) electrons. The molecule has 0 saturated heterocycles. The largest absolute Gasteiger partial charge is 0.497 e. The summed E-state index contributed by atoms with van der Waals surface area (Å²) in [6.07, 6.45) is 0. The highest BCUT2D eigenvalue weighted by Crippen LogP contribution is 2.16. The molecular weight excluding hydrogens is 224 g/mol. The van der Waals surface area contributed by atoms with Gasteiger partial charge in [0.15, 0.2) is 0 Å². The van der Waals surface area contributed by atoms with Gasteiger partial charge in [-0.15, -0.1) is 0 Å². The second-order valence-corrected chi connectivity index (χ2v) is 4.35. The zero-order chi connectivity index (χ0) is 11.8. The summed E-state index contributed by atoms with van der Waals surface area (Å²) in [6.45, 7) is 1.91. The molecule has 0 spiro atoms. The molecule has 1 rings (SSSR count). The summed E-state index contributed by atoms with van der Waals surface area (Å²) in [7, 11) is 1.66. The van der Waals surface area contributed by atoms with Crippen LogP contribution in [0.5, 0.6) is 5.75 Å². The van der Waals surface area contributed by atoms with Crippen LogP contribution in [0.2, 0.25) is 0 Å². The Labute approximate surface area is 100 Å². The van der Waals surface area contributed by atoms with Crippen molar-refractivity contribution in [3.05, 3.63) is 29.8 Å². The first-order valence-electron chi connectivity index (χ1n) is 5.06. The van der Waals surface area contributed by atoms with Gasteiger partial charge in [0.25, 0.3) is 0 Å². The molecule has 1 aromatic carbocycles. The molecule has 0 saturated carbocycles. The van der Waals surface area contributed by atoms with Gasteiger partial charge in [0, 0.05) is 18.4 Å². The van der Waals surface area contributed by atoms with E-state index in [2.05, 4.69) is 0 Å². The average molecular weight is 240 g/mol. The maximum Gasteiger partial charge on any atom is 0.302 e. The lowest BCUT2D eigenvalue weighted by atomic mass is 10.2. The fourth-order valence-electron chi connectivity index (χ4n) is 1.16. The van der Waals surface area contributed by atoms with Gasteiger partial charge in [-0.05, 0) is 17.7 Å². The predicted octanol–water partition coefficient (Wildman–Crippen LogP) is 2.49. The van der Waals surface area contributed by atoms with Gasteiger partial charge in [0.05, 0.1) is 7.11 Å². The molecular formula is C12H16O3S. The Morgan fingerprint density at radius 2 is 2.00 bits per heavy atom. The summed E-state index contributed by atoms with van der Waals surface area (Å²) in [5.41, 5.74) is 1.24. The number of thioether (sulfide) groups is 1. The third-order valence-electron chi connectivity index (χ3n) is 1.96. The minimum Gasteiger partial charge on any atom is -0.497 e. The molecule has 0 amide bonds. The van der Waals surface area contributed by atoms with Crippen LogP contribution in [0.25, 0.3) is 0 Å². The van der Waals surface area contributed by atoms with Crippen LogP contribution in [0.15, 0.2) is 24.3 Å². The van der Waals surface area contributed by atoms with Crippen molar-refractivity contribution in [3.8, 4) is 5.75 Å². The lowest BCUT2D eigenvalue weighted by molar-refractivity contribution is -0.140. The molecule has 0 fully saturated rings. The van der Waals surface area contributed by atoms with Crippen LogP contribution < -0.4 is 4.74 Å². The van der Waals surface area contributed by atoms with E-state index in [9.17, 15) is 4.79 Å². The Kier molecular flexibility index (Phi) is 5.78. The number of benzene rings is 1. The number of methoxy groups -OCH3 is 1. The Bertz CT molecular complexity index is 322. The predicted molar refractivity (Wildman–Crippen MR) is 65.8 cm³/mol. The van der Waals surface area contributed by atoms with Crippen molar-refractivity contribution in [1.29, 1.82) is 0 Å². The van der Waals surface area contributed by atoms with Crippen molar-refractivity contribution >= 4 is 17.7 Å². The van der Waals surface area contributed by atoms with Crippen LogP contribution in [0.1, 0.15) is 12.5 Å². The van der Waals surface area contributed by atoms with E-state index in [-0.39, 0.29) is 5.97 Å². The van der Waals surface area contributed by atoms with Crippen LogP contribution in [0.3, 0.4) is 0 Å². The van der Waals surface area contributed by atoms with Gasteiger partial charge < -0.3 is 9.47 Å². The molecule has 3 nitrogen and oxygen atoms in total. The zero-order valence-corrected chi connectivity index (χ0v) is 10.4. The summed E-state index contributed by atoms with van der Waals surface area (Å²) >= 11 is 1.74. The molecule has 0 N–H and O–H groups in total. The molecule has 4 heteroatoms. The van der Waals surface area contributed by atoms with Crippen LogP contribution >= 0.6 is 11.8 Å². The molecule has 0 unspecified atom stereocenters. The van der Waals surface area contributed by atoms with Crippen LogP contribution in [0, 0.1) is 0 Å². The summed E-state index contributed by atoms with van der Waals surface area (Å²) < 4.78 is 9.91. The van der Waals surface area contributed by atoms with Gasteiger partial charge in [0.1, 0.15) is 12.4 Å². The molecule has 16 heavy (non-hydrogen) atoms. The fraction of sp³-hybridized carbons (Fsp3) is 0.417. The van der Waals surface area contributed by atoms with Gasteiger partial charge in [-0.2, -0.15) is 11.8 Å². The first kappa shape index (κ1) is 12.9. The van der Waals surface area contributed by atoms with E-state index in [4.69, 9.17) is 9.47 Å². The molecule has 0 bridgehead atoms. The van der Waals surface area contributed by atoms with E-state index >= 15 is 0 Å². The number of esters is 1. The van der Waals surface area contributed by atoms with E-state index in [1.165, 1.54) is 12.5 Å². The van der Waals surface area contributed by atoms with Gasteiger partial charge in [-0.3, -0.25) is 4.79 Å². The first-order valence-corrected chi connectivity index (χ1v) is 6.22. The van der Waals surface area contributed by atoms with Gasteiger partial charge in [-0.1, -0.05) is 12.1 Å². The summed E-state index contributed by atoms with van der Waals surface area (Å²) in [6, 6.07) is 7.97. The molecule has 0 aliphatic carbocycles. The lowest BCUT2D eigenvalue weighted by Crippen LogP contribution is -2.02. The molecule has 0 atom stereocenters. The van der Waals surface area contributed by atoms with Crippen molar-refractivity contribution in [3.63, 3.8) is 0 Å². The molecule has 88 valence electrons. The average Bonchev–Trinajstić information content (AvgIpc) is 2.29. The molecule has 0 aromatic heterocycles. The first-order chi connectivity index (χ1) is 7.72. The van der Waals surface area contributed by atoms with Crippen LogP contribution in [-0.2, 0) is 15.3 Å². The minimum absolute atomic E-state index is 0.218. The molecule has 0 aliphatic heterocycles.